The molecule has 1 heterocycles. The number of anilines is 1. The summed E-state index contributed by atoms with van der Waals surface area (Å²) in [5.41, 5.74) is 11.2. The molecule has 5 nitrogen and oxygen atoms in total. The van der Waals surface area contributed by atoms with Crippen LogP contribution in [0.2, 0.25) is 0 Å². The minimum atomic E-state index is -0.0616. The molecule has 110 valence electrons. The third kappa shape index (κ3) is 2.51. The number of fused-ring (bicyclic) bond motifs is 1. The number of carbonyl (C=O) groups excluding carboxylic acids is 1. The van der Waals surface area contributed by atoms with Gasteiger partial charge in [-0.05, 0) is 56.4 Å². The van der Waals surface area contributed by atoms with E-state index in [0.29, 0.717) is 5.56 Å². The Hall–Kier alpha value is -2.30. The Bertz CT molecular complexity index is 670. The lowest BCUT2D eigenvalue weighted by Crippen LogP contribution is -2.31. The molecule has 3 rings (SSSR count). The molecule has 5 heteroatoms. The Morgan fingerprint density at radius 1 is 1.43 bits per heavy atom. The molecule has 4 N–H and O–H groups in total. The van der Waals surface area contributed by atoms with Crippen LogP contribution in [-0.2, 0) is 6.42 Å². The summed E-state index contributed by atoms with van der Waals surface area (Å²) in [5.74, 6) is -0.0616. The molecule has 1 aliphatic carbocycles. The summed E-state index contributed by atoms with van der Waals surface area (Å²) in [5, 5.41) is 10.1. The minimum absolute atomic E-state index is 0.0514. The summed E-state index contributed by atoms with van der Waals surface area (Å²) < 4.78 is 0. The highest BCUT2D eigenvalue weighted by Crippen LogP contribution is 2.31. The van der Waals surface area contributed by atoms with Crippen LogP contribution in [0.15, 0.2) is 18.2 Å². The number of nitrogens with two attached hydrogens (primary N) is 1. The van der Waals surface area contributed by atoms with Crippen LogP contribution in [0.1, 0.15) is 51.8 Å². The van der Waals surface area contributed by atoms with E-state index in [2.05, 4.69) is 15.5 Å². The third-order valence-electron chi connectivity index (χ3n) is 4.14. The number of rotatable bonds is 2. The highest BCUT2D eigenvalue weighted by Gasteiger charge is 2.24. The van der Waals surface area contributed by atoms with Gasteiger partial charge in [-0.25, -0.2) is 0 Å². The number of nitrogens with one attached hydrogen (secondary N) is 2. The minimum Gasteiger partial charge on any atom is -0.399 e. The highest BCUT2D eigenvalue weighted by molar-refractivity contribution is 5.96. The predicted octanol–water partition coefficient (Wildman–Crippen LogP) is 2.42. The van der Waals surface area contributed by atoms with Crippen molar-refractivity contribution in [3.05, 3.63) is 46.3 Å². The van der Waals surface area contributed by atoms with Gasteiger partial charge in [0.2, 0.25) is 0 Å². The van der Waals surface area contributed by atoms with E-state index in [-0.39, 0.29) is 11.9 Å². The largest absolute Gasteiger partial charge is 0.399 e. The number of aromatic nitrogens is 2. The summed E-state index contributed by atoms with van der Waals surface area (Å²) in [6.07, 6.45) is 3.04. The quantitative estimate of drug-likeness (QED) is 0.740. The summed E-state index contributed by atoms with van der Waals surface area (Å²) in [4.78, 5) is 12.5. The number of H-pyrrole nitrogens is 1. The van der Waals surface area contributed by atoms with E-state index in [1.165, 1.54) is 11.1 Å². The van der Waals surface area contributed by atoms with Gasteiger partial charge in [-0.15, -0.1) is 0 Å². The summed E-state index contributed by atoms with van der Waals surface area (Å²) in [7, 11) is 0. The van der Waals surface area contributed by atoms with Gasteiger partial charge in [-0.1, -0.05) is 6.07 Å². The number of carbonyl (C=O) groups is 1. The van der Waals surface area contributed by atoms with Crippen molar-refractivity contribution in [2.24, 2.45) is 0 Å². The fourth-order valence-electron chi connectivity index (χ4n) is 3.10. The second-order valence-electron chi connectivity index (χ2n) is 5.69. The molecule has 1 unspecified atom stereocenters. The van der Waals surface area contributed by atoms with E-state index in [4.69, 9.17) is 5.73 Å². The molecule has 0 fully saturated rings. The van der Waals surface area contributed by atoms with Crippen LogP contribution in [0.4, 0.5) is 5.69 Å². The molecule has 1 aromatic carbocycles. The third-order valence-corrected chi connectivity index (χ3v) is 4.14. The Morgan fingerprint density at radius 3 is 2.95 bits per heavy atom. The lowest BCUT2D eigenvalue weighted by molar-refractivity contribution is 0.0931. The van der Waals surface area contributed by atoms with E-state index < -0.39 is 0 Å². The SMILES string of the molecule is Cc1n[nH]c(C)c1C(=O)NC1CCCc2cc(N)ccc21. The Labute approximate surface area is 123 Å². The van der Waals surface area contributed by atoms with Crippen LogP contribution in [0, 0.1) is 13.8 Å². The van der Waals surface area contributed by atoms with Gasteiger partial charge in [-0.2, -0.15) is 5.10 Å². The Morgan fingerprint density at radius 2 is 2.24 bits per heavy atom. The lowest BCUT2D eigenvalue weighted by atomic mass is 9.87. The first-order valence-corrected chi connectivity index (χ1v) is 7.27. The van der Waals surface area contributed by atoms with Crippen molar-refractivity contribution in [1.29, 1.82) is 0 Å². The zero-order chi connectivity index (χ0) is 15.0. The van der Waals surface area contributed by atoms with Gasteiger partial charge in [0, 0.05) is 11.4 Å². The number of nitrogens with zero attached hydrogens (tertiary/aromatic N) is 1. The molecular formula is C16H20N4O. The normalized spacial score (nSPS) is 17.3. The summed E-state index contributed by atoms with van der Waals surface area (Å²) in [6, 6.07) is 6.00. The molecule has 1 aromatic heterocycles. The van der Waals surface area contributed by atoms with Crippen molar-refractivity contribution in [1.82, 2.24) is 15.5 Å². The monoisotopic (exact) mass is 284 g/mol. The predicted molar refractivity (Wildman–Crippen MR) is 82.1 cm³/mol. The van der Waals surface area contributed by atoms with E-state index in [1.807, 2.05) is 32.0 Å². The first-order valence-electron chi connectivity index (χ1n) is 7.27. The van der Waals surface area contributed by atoms with Crippen LogP contribution in [-0.4, -0.2) is 16.1 Å². The van der Waals surface area contributed by atoms with Crippen molar-refractivity contribution >= 4 is 11.6 Å². The van der Waals surface area contributed by atoms with E-state index >= 15 is 0 Å². The van der Waals surface area contributed by atoms with Gasteiger partial charge in [0.15, 0.2) is 0 Å². The van der Waals surface area contributed by atoms with Crippen molar-refractivity contribution in [3.63, 3.8) is 0 Å². The van der Waals surface area contributed by atoms with Crippen molar-refractivity contribution < 1.29 is 4.79 Å². The molecule has 0 saturated heterocycles. The molecule has 2 aromatic rings. The second kappa shape index (κ2) is 5.24. The van der Waals surface area contributed by atoms with Gasteiger partial charge >= 0.3 is 0 Å². The van der Waals surface area contributed by atoms with Crippen molar-refractivity contribution in [2.75, 3.05) is 5.73 Å². The topological polar surface area (TPSA) is 83.8 Å². The number of hydrogen-bond acceptors (Lipinski definition) is 3. The van der Waals surface area contributed by atoms with Gasteiger partial charge < -0.3 is 11.1 Å². The lowest BCUT2D eigenvalue weighted by Gasteiger charge is -2.26. The molecule has 0 radical (unpaired) electrons. The van der Waals surface area contributed by atoms with E-state index in [1.54, 1.807) is 0 Å². The first-order chi connectivity index (χ1) is 10.1. The second-order valence-corrected chi connectivity index (χ2v) is 5.69. The van der Waals surface area contributed by atoms with Crippen LogP contribution >= 0.6 is 0 Å². The molecule has 1 atom stereocenters. The van der Waals surface area contributed by atoms with Gasteiger partial charge in [0.05, 0.1) is 17.3 Å². The van der Waals surface area contributed by atoms with E-state index in [0.717, 1.165) is 36.3 Å². The van der Waals surface area contributed by atoms with Crippen LogP contribution in [0.3, 0.4) is 0 Å². The molecule has 1 aliphatic rings. The average Bonchev–Trinajstić information content (AvgIpc) is 2.78. The Kier molecular flexibility index (Phi) is 3.41. The van der Waals surface area contributed by atoms with Crippen LogP contribution < -0.4 is 11.1 Å². The van der Waals surface area contributed by atoms with Gasteiger partial charge in [0.25, 0.3) is 5.91 Å². The number of benzene rings is 1. The van der Waals surface area contributed by atoms with E-state index in [9.17, 15) is 4.79 Å². The number of nitrogen functional groups attached to an aromatic ring is 1. The van der Waals surface area contributed by atoms with Crippen molar-refractivity contribution in [3.8, 4) is 0 Å². The molecule has 1 amide bonds. The summed E-state index contributed by atoms with van der Waals surface area (Å²) in [6.45, 7) is 3.71. The summed E-state index contributed by atoms with van der Waals surface area (Å²) >= 11 is 0. The molecule has 21 heavy (non-hydrogen) atoms. The van der Waals surface area contributed by atoms with Gasteiger partial charge in [-0.3, -0.25) is 9.89 Å². The number of aryl methyl sites for hydroxylation is 3. The molecule has 0 aliphatic heterocycles. The van der Waals surface area contributed by atoms with Crippen LogP contribution in [0.5, 0.6) is 0 Å². The number of aromatic amines is 1. The maximum atomic E-state index is 12.5. The molecule has 0 saturated carbocycles. The number of hydrogen-bond donors (Lipinski definition) is 3. The highest BCUT2D eigenvalue weighted by atomic mass is 16.1. The fraction of sp³-hybridized carbons (Fsp3) is 0.375. The zero-order valence-corrected chi connectivity index (χ0v) is 12.4. The standard InChI is InChI=1S/C16H20N4O/c1-9-15(10(2)20-19-9)16(21)18-14-5-3-4-11-8-12(17)6-7-13(11)14/h6-8,14H,3-5,17H2,1-2H3,(H,18,21)(H,19,20). The number of amides is 1. The zero-order valence-electron chi connectivity index (χ0n) is 12.4. The maximum absolute atomic E-state index is 12.5. The molecular weight excluding hydrogens is 264 g/mol. The van der Waals surface area contributed by atoms with Crippen LogP contribution in [0.25, 0.3) is 0 Å². The van der Waals surface area contributed by atoms with Crippen molar-refractivity contribution in [2.45, 2.75) is 39.2 Å². The molecule has 0 spiro atoms. The fourth-order valence-corrected chi connectivity index (χ4v) is 3.10. The Balaban J connectivity index is 1.85. The smallest absolute Gasteiger partial charge is 0.255 e. The maximum Gasteiger partial charge on any atom is 0.255 e. The average molecular weight is 284 g/mol. The molecule has 0 bridgehead atoms. The van der Waals surface area contributed by atoms with Gasteiger partial charge in [0.1, 0.15) is 0 Å². The first kappa shape index (κ1) is 13.7.